The molecule has 3 aliphatic rings. The van der Waals surface area contributed by atoms with Gasteiger partial charge in [-0.05, 0) is 39.0 Å². The Balaban J connectivity index is 1.70. The van der Waals surface area contributed by atoms with Crippen LogP contribution in [0.15, 0.2) is 34.6 Å². The molecule has 3 aliphatic heterocycles. The average molecular weight is 448 g/mol. The highest BCUT2D eigenvalue weighted by molar-refractivity contribution is 6.32. The van der Waals surface area contributed by atoms with E-state index in [0.29, 0.717) is 29.9 Å². The Bertz CT molecular complexity index is 994. The van der Waals surface area contributed by atoms with E-state index in [9.17, 15) is 9.59 Å². The molecule has 1 fully saturated rings. The highest BCUT2D eigenvalue weighted by atomic mass is 35.5. The number of hydrogen-bond donors (Lipinski definition) is 0. The molecule has 31 heavy (non-hydrogen) atoms. The molecule has 3 amide bonds. The zero-order valence-electron chi connectivity index (χ0n) is 18.3. The molecule has 0 aromatic heterocycles. The van der Waals surface area contributed by atoms with Crippen molar-refractivity contribution in [2.24, 2.45) is 4.99 Å². The molecular formula is C21H26ClN5O4. The van der Waals surface area contributed by atoms with Gasteiger partial charge in [-0.15, -0.1) is 0 Å². The smallest absolute Gasteiger partial charge is 0.328 e. The molecule has 0 saturated carbocycles. The minimum atomic E-state index is -0.618. The summed E-state index contributed by atoms with van der Waals surface area (Å²) in [6.07, 6.45) is -0.599. The third-order valence-electron chi connectivity index (χ3n) is 5.95. The number of nitrogens with zero attached hydrogens (tertiary/aromatic N) is 5. The largest absolute Gasteiger partial charge is 0.495 e. The molecule has 10 heteroatoms. The Morgan fingerprint density at radius 2 is 1.94 bits per heavy atom. The Hall–Kier alpha value is -2.78. The maximum absolute atomic E-state index is 13.4. The number of imide groups is 1. The van der Waals surface area contributed by atoms with Crippen molar-refractivity contribution in [3.8, 4) is 5.75 Å². The number of likely N-dealkylation sites (N-methyl/N-ethyl adjacent to an activating group) is 1. The summed E-state index contributed by atoms with van der Waals surface area (Å²) in [7, 11) is 3.24. The number of amides is 3. The van der Waals surface area contributed by atoms with Gasteiger partial charge < -0.3 is 14.4 Å². The van der Waals surface area contributed by atoms with Crippen LogP contribution in [-0.2, 0) is 9.53 Å². The maximum atomic E-state index is 13.4. The molecule has 2 unspecified atom stereocenters. The van der Waals surface area contributed by atoms with Gasteiger partial charge in [-0.2, -0.15) is 0 Å². The van der Waals surface area contributed by atoms with Crippen LogP contribution in [0, 0.1) is 0 Å². The molecule has 0 bridgehead atoms. The van der Waals surface area contributed by atoms with Crippen LogP contribution in [0.5, 0.6) is 5.75 Å². The SMILES string of the molecule is CCOCCN1C(=O)C2C(N=C3N(c4ccc(OC)c(Cl)c4)C(C)=C(C)N32)N(C)C1=O. The quantitative estimate of drug-likeness (QED) is 0.624. The maximum Gasteiger partial charge on any atom is 0.328 e. The second kappa shape index (κ2) is 8.05. The fourth-order valence-electron chi connectivity index (χ4n) is 4.22. The van der Waals surface area contributed by atoms with Crippen LogP contribution in [0.1, 0.15) is 20.8 Å². The summed E-state index contributed by atoms with van der Waals surface area (Å²) >= 11 is 6.36. The van der Waals surface area contributed by atoms with Crippen LogP contribution in [0.3, 0.4) is 0 Å². The lowest BCUT2D eigenvalue weighted by molar-refractivity contribution is -0.137. The lowest BCUT2D eigenvalue weighted by Gasteiger charge is -2.40. The number of allylic oxidation sites excluding steroid dienone is 2. The summed E-state index contributed by atoms with van der Waals surface area (Å²) in [5.41, 5.74) is 2.64. The Labute approximate surface area is 186 Å². The number of benzene rings is 1. The lowest BCUT2D eigenvalue weighted by atomic mass is 10.1. The zero-order chi connectivity index (χ0) is 22.4. The summed E-state index contributed by atoms with van der Waals surface area (Å²) in [6.45, 7) is 6.84. The van der Waals surface area contributed by atoms with Crippen LogP contribution in [0.25, 0.3) is 0 Å². The van der Waals surface area contributed by atoms with Crippen molar-refractivity contribution < 1.29 is 19.1 Å². The topological polar surface area (TPSA) is 77.9 Å². The summed E-state index contributed by atoms with van der Waals surface area (Å²) in [5.74, 6) is 0.909. The highest BCUT2D eigenvalue weighted by Gasteiger charge is 2.55. The van der Waals surface area contributed by atoms with Crippen LogP contribution < -0.4 is 9.64 Å². The van der Waals surface area contributed by atoms with E-state index < -0.39 is 12.2 Å². The van der Waals surface area contributed by atoms with Gasteiger partial charge in [-0.3, -0.25) is 19.5 Å². The van der Waals surface area contributed by atoms with Crippen molar-refractivity contribution >= 4 is 35.2 Å². The molecule has 0 N–H and O–H groups in total. The van der Waals surface area contributed by atoms with E-state index in [0.717, 1.165) is 17.1 Å². The van der Waals surface area contributed by atoms with E-state index >= 15 is 0 Å². The monoisotopic (exact) mass is 447 g/mol. The summed E-state index contributed by atoms with van der Waals surface area (Å²) in [5, 5.41) is 0.477. The number of rotatable bonds is 6. The van der Waals surface area contributed by atoms with Gasteiger partial charge >= 0.3 is 6.03 Å². The summed E-state index contributed by atoms with van der Waals surface area (Å²) in [6, 6.07) is 4.50. The number of urea groups is 1. The normalized spacial score (nSPS) is 23.0. The van der Waals surface area contributed by atoms with Crippen molar-refractivity contribution in [3.05, 3.63) is 34.6 Å². The first-order valence-corrected chi connectivity index (χ1v) is 10.5. The molecule has 1 aromatic carbocycles. The van der Waals surface area contributed by atoms with Gasteiger partial charge in [-0.25, -0.2) is 9.79 Å². The molecule has 1 saturated heterocycles. The number of methoxy groups -OCH3 is 1. The van der Waals surface area contributed by atoms with Crippen molar-refractivity contribution in [2.45, 2.75) is 33.0 Å². The van der Waals surface area contributed by atoms with Gasteiger partial charge in [0, 0.05) is 25.0 Å². The first-order valence-electron chi connectivity index (χ1n) is 10.2. The molecule has 2 atom stereocenters. The molecular weight excluding hydrogens is 422 g/mol. The fraction of sp³-hybridized carbons (Fsp3) is 0.476. The third-order valence-corrected chi connectivity index (χ3v) is 6.24. The molecule has 0 spiro atoms. The first-order chi connectivity index (χ1) is 14.8. The summed E-state index contributed by atoms with van der Waals surface area (Å²) in [4.78, 5) is 37.6. The van der Waals surface area contributed by atoms with Crippen molar-refractivity contribution in [1.29, 1.82) is 0 Å². The molecule has 0 radical (unpaired) electrons. The average Bonchev–Trinajstić information content (AvgIpc) is 3.24. The Kier molecular flexibility index (Phi) is 5.57. The van der Waals surface area contributed by atoms with Gasteiger partial charge in [0.25, 0.3) is 5.91 Å². The zero-order valence-corrected chi connectivity index (χ0v) is 19.0. The Morgan fingerprint density at radius 1 is 1.19 bits per heavy atom. The number of halogens is 1. The van der Waals surface area contributed by atoms with Crippen LogP contribution in [0.2, 0.25) is 5.02 Å². The van der Waals surface area contributed by atoms with Crippen LogP contribution in [0.4, 0.5) is 10.5 Å². The minimum absolute atomic E-state index is 0.210. The van der Waals surface area contributed by atoms with Crippen LogP contribution in [-0.4, -0.2) is 78.7 Å². The number of aliphatic imine (C=N–C) groups is 1. The molecule has 3 heterocycles. The van der Waals surface area contributed by atoms with E-state index in [1.165, 1.54) is 9.80 Å². The molecule has 0 aliphatic carbocycles. The Morgan fingerprint density at radius 3 is 2.58 bits per heavy atom. The third kappa shape index (κ3) is 3.23. The minimum Gasteiger partial charge on any atom is -0.495 e. The lowest BCUT2D eigenvalue weighted by Crippen LogP contribution is -2.65. The van der Waals surface area contributed by atoms with Crippen molar-refractivity contribution in [1.82, 2.24) is 14.7 Å². The predicted molar refractivity (Wildman–Crippen MR) is 117 cm³/mol. The van der Waals surface area contributed by atoms with Crippen molar-refractivity contribution in [3.63, 3.8) is 0 Å². The van der Waals surface area contributed by atoms with Gasteiger partial charge in [0.1, 0.15) is 5.75 Å². The molecule has 9 nitrogen and oxygen atoms in total. The number of guanidine groups is 1. The van der Waals surface area contributed by atoms with Crippen LogP contribution >= 0.6 is 11.6 Å². The number of hydrogen-bond acceptors (Lipinski definition) is 7. The van der Waals surface area contributed by atoms with E-state index in [-0.39, 0.29) is 18.5 Å². The second-order valence-electron chi connectivity index (χ2n) is 7.56. The van der Waals surface area contributed by atoms with E-state index in [1.807, 2.05) is 36.6 Å². The van der Waals surface area contributed by atoms with Gasteiger partial charge in [-0.1, -0.05) is 11.6 Å². The molecule has 4 rings (SSSR count). The number of carbonyl (C=O) groups is 2. The number of anilines is 1. The van der Waals surface area contributed by atoms with Gasteiger partial charge in [0.2, 0.25) is 5.96 Å². The van der Waals surface area contributed by atoms with E-state index in [2.05, 4.69) is 0 Å². The van der Waals surface area contributed by atoms with Gasteiger partial charge in [0.15, 0.2) is 12.2 Å². The number of carbonyl (C=O) groups excluding carboxylic acids is 2. The van der Waals surface area contributed by atoms with Crippen molar-refractivity contribution in [2.75, 3.05) is 38.8 Å². The number of ether oxygens (including phenoxy) is 2. The van der Waals surface area contributed by atoms with Gasteiger partial charge in [0.05, 0.1) is 31.0 Å². The van der Waals surface area contributed by atoms with E-state index in [1.54, 1.807) is 26.3 Å². The second-order valence-corrected chi connectivity index (χ2v) is 7.97. The molecule has 1 aromatic rings. The highest BCUT2D eigenvalue weighted by Crippen LogP contribution is 2.41. The fourth-order valence-corrected chi connectivity index (χ4v) is 4.47. The molecule has 166 valence electrons. The summed E-state index contributed by atoms with van der Waals surface area (Å²) < 4.78 is 10.6. The van der Waals surface area contributed by atoms with E-state index in [4.69, 9.17) is 26.1 Å². The first kappa shape index (κ1) is 21.5. The standard InChI is InChI=1S/C21H26ClN5O4/c1-6-31-10-9-25-19(28)17-18(24(4)21(25)29)23-20-26(12(2)13(3)27(17)20)14-7-8-16(30-5)15(22)11-14/h7-8,11,17-18H,6,9-10H2,1-5H3. The number of fused-ring (bicyclic) bond motifs is 3. The predicted octanol–water partition coefficient (Wildman–Crippen LogP) is 2.72.